The number of piperidine rings is 1. The molecule has 92 valence electrons. The van der Waals surface area contributed by atoms with Crippen LogP contribution in [0, 0.1) is 0 Å². The smallest absolute Gasteiger partial charge is 0.326 e. The molecule has 1 aliphatic heterocycles. The molecule has 1 aliphatic rings. The third-order valence-electron chi connectivity index (χ3n) is 3.07. The Bertz CT molecular complexity index is 268. The van der Waals surface area contributed by atoms with E-state index in [1.165, 1.54) is 4.90 Å². The van der Waals surface area contributed by atoms with Gasteiger partial charge in [-0.3, -0.25) is 4.79 Å². The second kappa shape index (κ2) is 5.84. The summed E-state index contributed by atoms with van der Waals surface area (Å²) in [6.45, 7) is 2.47. The summed E-state index contributed by atoms with van der Waals surface area (Å²) in [6, 6.07) is -0.811. The van der Waals surface area contributed by atoms with Gasteiger partial charge in [-0.2, -0.15) is 0 Å². The topological polar surface area (TPSA) is 83.6 Å². The highest BCUT2D eigenvalue weighted by molar-refractivity contribution is 5.84. The highest BCUT2D eigenvalue weighted by Gasteiger charge is 2.31. The highest BCUT2D eigenvalue weighted by atomic mass is 16.4. The first-order chi connectivity index (χ1) is 7.56. The minimum atomic E-state index is -0.905. The van der Waals surface area contributed by atoms with Crippen LogP contribution >= 0.6 is 0 Å². The molecule has 0 saturated carbocycles. The molecule has 16 heavy (non-hydrogen) atoms. The number of carboxylic acids is 1. The summed E-state index contributed by atoms with van der Waals surface area (Å²) in [7, 11) is 0. The fourth-order valence-corrected chi connectivity index (χ4v) is 1.97. The minimum absolute atomic E-state index is 0.124. The maximum Gasteiger partial charge on any atom is 0.326 e. The molecule has 0 spiro atoms. The van der Waals surface area contributed by atoms with Crippen molar-refractivity contribution < 1.29 is 14.7 Å². The van der Waals surface area contributed by atoms with Crippen molar-refractivity contribution in [1.82, 2.24) is 4.90 Å². The Labute approximate surface area is 95.6 Å². The molecule has 2 atom stereocenters. The quantitative estimate of drug-likeness (QED) is 0.737. The molecule has 0 aromatic carbocycles. The van der Waals surface area contributed by atoms with Gasteiger partial charge in [-0.15, -0.1) is 0 Å². The van der Waals surface area contributed by atoms with Crippen molar-refractivity contribution in [2.45, 2.75) is 51.1 Å². The van der Waals surface area contributed by atoms with Gasteiger partial charge in [0.2, 0.25) is 5.91 Å². The minimum Gasteiger partial charge on any atom is -0.480 e. The van der Waals surface area contributed by atoms with Crippen molar-refractivity contribution in [1.29, 1.82) is 0 Å². The number of hydrogen-bond donors (Lipinski definition) is 2. The highest BCUT2D eigenvalue weighted by Crippen LogP contribution is 2.18. The molecule has 1 saturated heterocycles. The summed E-state index contributed by atoms with van der Waals surface area (Å²) in [5.74, 6) is -1.03. The molecule has 0 aromatic rings. The number of aliphatic carboxylic acids is 1. The van der Waals surface area contributed by atoms with Crippen LogP contribution in [0.4, 0.5) is 0 Å². The first-order valence-corrected chi connectivity index (χ1v) is 5.84. The Morgan fingerprint density at radius 1 is 1.50 bits per heavy atom. The van der Waals surface area contributed by atoms with E-state index >= 15 is 0 Å². The van der Waals surface area contributed by atoms with Gasteiger partial charge in [0.15, 0.2) is 0 Å². The van der Waals surface area contributed by atoms with Crippen molar-refractivity contribution in [3.63, 3.8) is 0 Å². The Morgan fingerprint density at radius 2 is 2.19 bits per heavy atom. The van der Waals surface area contributed by atoms with Crippen molar-refractivity contribution in [3.05, 3.63) is 0 Å². The van der Waals surface area contributed by atoms with Gasteiger partial charge in [-0.05, 0) is 25.7 Å². The number of amides is 1. The zero-order valence-electron chi connectivity index (χ0n) is 9.69. The summed E-state index contributed by atoms with van der Waals surface area (Å²) in [5, 5.41) is 9.02. The molecule has 0 aromatic heterocycles. The van der Waals surface area contributed by atoms with Crippen LogP contribution in [-0.4, -0.2) is 40.5 Å². The van der Waals surface area contributed by atoms with E-state index in [-0.39, 0.29) is 18.4 Å². The van der Waals surface area contributed by atoms with Crippen LogP contribution < -0.4 is 5.73 Å². The zero-order chi connectivity index (χ0) is 12.1. The van der Waals surface area contributed by atoms with E-state index in [1.54, 1.807) is 0 Å². The second-order valence-electron chi connectivity index (χ2n) is 4.31. The monoisotopic (exact) mass is 228 g/mol. The predicted octanol–water partition coefficient (Wildman–Crippen LogP) is 0.579. The lowest BCUT2D eigenvalue weighted by Gasteiger charge is -2.33. The Balaban J connectivity index is 2.60. The molecule has 0 radical (unpaired) electrons. The van der Waals surface area contributed by atoms with Crippen molar-refractivity contribution >= 4 is 11.9 Å². The molecule has 5 nitrogen and oxygen atoms in total. The van der Waals surface area contributed by atoms with Gasteiger partial charge in [0.05, 0.1) is 0 Å². The third kappa shape index (κ3) is 3.20. The Kier molecular flexibility index (Phi) is 4.73. The predicted molar refractivity (Wildman–Crippen MR) is 59.9 cm³/mol. The summed E-state index contributed by atoms with van der Waals surface area (Å²) in [4.78, 5) is 24.3. The normalized spacial score (nSPS) is 22.9. The van der Waals surface area contributed by atoms with Crippen LogP contribution in [0.25, 0.3) is 0 Å². The molecule has 1 unspecified atom stereocenters. The molecular weight excluding hydrogens is 208 g/mol. The van der Waals surface area contributed by atoms with Crippen molar-refractivity contribution in [2.24, 2.45) is 5.73 Å². The van der Waals surface area contributed by atoms with Crippen LogP contribution in [0.2, 0.25) is 0 Å². The van der Waals surface area contributed by atoms with Crippen LogP contribution in [0.3, 0.4) is 0 Å². The zero-order valence-corrected chi connectivity index (χ0v) is 9.69. The van der Waals surface area contributed by atoms with E-state index in [0.29, 0.717) is 13.0 Å². The van der Waals surface area contributed by atoms with Gasteiger partial charge < -0.3 is 15.7 Å². The lowest BCUT2D eigenvalue weighted by atomic mass is 10.0. The van der Waals surface area contributed by atoms with Crippen LogP contribution in [0.5, 0.6) is 0 Å². The van der Waals surface area contributed by atoms with Gasteiger partial charge in [0.1, 0.15) is 6.04 Å². The number of nitrogens with two attached hydrogens (primary N) is 1. The molecule has 3 N–H and O–H groups in total. The number of hydrogen-bond acceptors (Lipinski definition) is 3. The van der Waals surface area contributed by atoms with Gasteiger partial charge in [0.25, 0.3) is 0 Å². The lowest BCUT2D eigenvalue weighted by molar-refractivity contribution is -0.152. The average molecular weight is 228 g/mol. The lowest BCUT2D eigenvalue weighted by Crippen LogP contribution is -2.49. The molecule has 0 bridgehead atoms. The third-order valence-corrected chi connectivity index (χ3v) is 3.07. The van der Waals surface area contributed by atoms with Crippen molar-refractivity contribution in [3.8, 4) is 0 Å². The first kappa shape index (κ1) is 13.0. The number of carbonyl (C=O) groups is 2. The number of carboxylic acid groups (broad SMARTS) is 1. The summed E-state index contributed by atoms with van der Waals surface area (Å²) in [5.41, 5.74) is 5.71. The van der Waals surface area contributed by atoms with E-state index in [4.69, 9.17) is 10.8 Å². The van der Waals surface area contributed by atoms with Gasteiger partial charge >= 0.3 is 5.97 Å². The van der Waals surface area contributed by atoms with Crippen LogP contribution in [0.15, 0.2) is 0 Å². The average Bonchev–Trinajstić information content (AvgIpc) is 2.28. The second-order valence-corrected chi connectivity index (χ2v) is 4.31. The first-order valence-electron chi connectivity index (χ1n) is 5.84. The number of likely N-dealkylation sites (tertiary alicyclic amines) is 1. The Morgan fingerprint density at radius 3 is 2.75 bits per heavy atom. The number of rotatable bonds is 4. The molecule has 1 fully saturated rings. The summed E-state index contributed by atoms with van der Waals surface area (Å²) in [6.07, 6.45) is 3.30. The SMILES string of the molecule is CCC(N)CC(=O)N1CCCC[C@@H]1C(=O)O. The molecule has 5 heteroatoms. The number of nitrogens with zero attached hydrogens (tertiary/aromatic N) is 1. The Hall–Kier alpha value is -1.10. The van der Waals surface area contributed by atoms with Crippen LogP contribution in [-0.2, 0) is 9.59 Å². The van der Waals surface area contributed by atoms with Crippen molar-refractivity contribution in [2.75, 3.05) is 6.54 Å². The van der Waals surface area contributed by atoms with E-state index in [1.807, 2.05) is 6.92 Å². The summed E-state index contributed by atoms with van der Waals surface area (Å²) >= 11 is 0. The largest absolute Gasteiger partial charge is 0.480 e. The van der Waals surface area contributed by atoms with Gasteiger partial charge in [0, 0.05) is 19.0 Å². The van der Waals surface area contributed by atoms with Gasteiger partial charge in [-0.1, -0.05) is 6.92 Å². The standard InChI is InChI=1S/C11H20N2O3/c1-2-8(12)7-10(14)13-6-4-3-5-9(13)11(15)16/h8-9H,2-7,12H2,1H3,(H,15,16)/t8?,9-/m1/s1. The fourth-order valence-electron chi connectivity index (χ4n) is 1.97. The van der Waals surface area contributed by atoms with E-state index < -0.39 is 12.0 Å². The molecule has 1 amide bonds. The molecular formula is C11H20N2O3. The van der Waals surface area contributed by atoms with Crippen LogP contribution in [0.1, 0.15) is 39.0 Å². The van der Waals surface area contributed by atoms with E-state index in [0.717, 1.165) is 19.3 Å². The molecule has 0 aliphatic carbocycles. The van der Waals surface area contributed by atoms with E-state index in [9.17, 15) is 9.59 Å². The molecule has 1 rings (SSSR count). The maximum absolute atomic E-state index is 11.9. The fraction of sp³-hybridized carbons (Fsp3) is 0.818. The van der Waals surface area contributed by atoms with E-state index in [2.05, 4.69) is 0 Å². The summed E-state index contributed by atoms with van der Waals surface area (Å²) < 4.78 is 0. The molecule has 1 heterocycles. The number of carbonyl (C=O) groups excluding carboxylic acids is 1. The maximum atomic E-state index is 11.9. The van der Waals surface area contributed by atoms with Gasteiger partial charge in [-0.25, -0.2) is 4.79 Å².